The number of aryl methyl sites for hydroxylation is 1. The lowest BCUT2D eigenvalue weighted by atomic mass is 10.1. The molecular formula is C18H14N2O2S2. The van der Waals surface area contributed by atoms with E-state index in [2.05, 4.69) is 9.71 Å². The Morgan fingerprint density at radius 3 is 2.58 bits per heavy atom. The number of anilines is 1. The Labute approximate surface area is 143 Å². The molecule has 0 aliphatic heterocycles. The molecule has 0 saturated carbocycles. The Kier molecular flexibility index (Phi) is 3.51. The van der Waals surface area contributed by atoms with Crippen molar-refractivity contribution in [3.8, 4) is 0 Å². The Hall–Kier alpha value is -2.44. The van der Waals surface area contributed by atoms with Crippen LogP contribution in [0, 0.1) is 6.92 Å². The summed E-state index contributed by atoms with van der Waals surface area (Å²) in [6.45, 7) is 1.93. The molecule has 120 valence electrons. The summed E-state index contributed by atoms with van der Waals surface area (Å²) in [6, 6.07) is 18.2. The van der Waals surface area contributed by atoms with Crippen LogP contribution >= 0.6 is 11.3 Å². The van der Waals surface area contributed by atoms with E-state index in [1.54, 1.807) is 29.5 Å². The third-order valence-electron chi connectivity index (χ3n) is 3.78. The van der Waals surface area contributed by atoms with E-state index in [1.165, 1.54) is 0 Å². The maximum absolute atomic E-state index is 12.7. The maximum Gasteiger partial charge on any atom is 0.261 e. The molecule has 0 fully saturated rings. The minimum Gasteiger partial charge on any atom is -0.280 e. The Morgan fingerprint density at radius 1 is 0.958 bits per heavy atom. The second-order valence-corrected chi connectivity index (χ2v) is 8.45. The number of aromatic nitrogens is 1. The first-order valence-corrected chi connectivity index (χ1v) is 9.70. The number of sulfonamides is 1. The normalized spacial score (nSPS) is 11.9. The number of nitrogens with zero attached hydrogens (tertiary/aromatic N) is 1. The Bertz CT molecular complexity index is 1160. The zero-order valence-electron chi connectivity index (χ0n) is 12.9. The molecule has 0 aliphatic rings. The van der Waals surface area contributed by atoms with Crippen LogP contribution in [0.15, 0.2) is 65.6 Å². The van der Waals surface area contributed by atoms with Gasteiger partial charge in [0, 0.05) is 0 Å². The van der Waals surface area contributed by atoms with E-state index in [9.17, 15) is 8.42 Å². The maximum atomic E-state index is 12.7. The van der Waals surface area contributed by atoms with E-state index in [0.717, 1.165) is 26.0 Å². The van der Waals surface area contributed by atoms with E-state index < -0.39 is 10.0 Å². The van der Waals surface area contributed by atoms with Gasteiger partial charge in [0.25, 0.3) is 10.0 Å². The number of fused-ring (bicyclic) bond motifs is 2. The van der Waals surface area contributed by atoms with Gasteiger partial charge in [0.15, 0.2) is 0 Å². The summed E-state index contributed by atoms with van der Waals surface area (Å²) in [6.07, 6.45) is 0. The van der Waals surface area contributed by atoms with Crippen molar-refractivity contribution in [3.05, 3.63) is 65.7 Å². The molecule has 1 aromatic heterocycles. The van der Waals surface area contributed by atoms with Crippen LogP contribution in [0.3, 0.4) is 0 Å². The second-order valence-electron chi connectivity index (χ2n) is 5.53. The zero-order chi connectivity index (χ0) is 16.7. The number of nitrogens with one attached hydrogen (secondary N) is 1. The first kappa shape index (κ1) is 15.1. The zero-order valence-corrected chi connectivity index (χ0v) is 14.5. The van der Waals surface area contributed by atoms with Gasteiger partial charge in [-0.3, -0.25) is 4.72 Å². The van der Waals surface area contributed by atoms with Crippen molar-refractivity contribution in [1.29, 1.82) is 0 Å². The van der Waals surface area contributed by atoms with E-state index in [1.807, 2.05) is 49.4 Å². The molecule has 0 saturated heterocycles. The number of hydrogen-bond donors (Lipinski definition) is 1. The van der Waals surface area contributed by atoms with Crippen molar-refractivity contribution < 1.29 is 8.42 Å². The molecular weight excluding hydrogens is 340 g/mol. The number of rotatable bonds is 3. The number of hydrogen-bond acceptors (Lipinski definition) is 4. The van der Waals surface area contributed by atoms with Crippen LogP contribution in [-0.4, -0.2) is 13.4 Å². The molecule has 4 aromatic rings. The van der Waals surface area contributed by atoms with Gasteiger partial charge in [-0.15, -0.1) is 11.3 Å². The first-order valence-electron chi connectivity index (χ1n) is 7.40. The average Bonchev–Trinajstić information content (AvgIpc) is 2.93. The van der Waals surface area contributed by atoms with E-state index in [4.69, 9.17) is 0 Å². The van der Waals surface area contributed by atoms with Crippen molar-refractivity contribution in [2.24, 2.45) is 0 Å². The SMILES string of the molecule is Cc1nc2ccc(NS(=O)(=O)c3ccc4ccccc4c3)cc2s1. The molecule has 24 heavy (non-hydrogen) atoms. The summed E-state index contributed by atoms with van der Waals surface area (Å²) in [5.41, 5.74) is 1.42. The fourth-order valence-corrected chi connectivity index (χ4v) is 4.60. The minimum atomic E-state index is -3.63. The lowest BCUT2D eigenvalue weighted by molar-refractivity contribution is 0.601. The van der Waals surface area contributed by atoms with Crippen molar-refractivity contribution in [1.82, 2.24) is 4.98 Å². The summed E-state index contributed by atoms with van der Waals surface area (Å²) in [7, 11) is -3.63. The largest absolute Gasteiger partial charge is 0.280 e. The molecule has 0 radical (unpaired) electrons. The second kappa shape index (κ2) is 5.58. The highest BCUT2D eigenvalue weighted by molar-refractivity contribution is 7.92. The van der Waals surface area contributed by atoms with Crippen molar-refractivity contribution in [2.45, 2.75) is 11.8 Å². The van der Waals surface area contributed by atoms with Gasteiger partial charge in [-0.2, -0.15) is 0 Å². The van der Waals surface area contributed by atoms with E-state index in [0.29, 0.717) is 5.69 Å². The molecule has 0 aliphatic carbocycles. The third kappa shape index (κ3) is 2.74. The van der Waals surface area contributed by atoms with Crippen LogP contribution in [-0.2, 0) is 10.0 Å². The highest BCUT2D eigenvalue weighted by atomic mass is 32.2. The molecule has 0 unspecified atom stereocenters. The molecule has 4 rings (SSSR count). The van der Waals surface area contributed by atoms with Crippen molar-refractivity contribution in [2.75, 3.05) is 4.72 Å². The summed E-state index contributed by atoms with van der Waals surface area (Å²) in [5.74, 6) is 0. The quantitative estimate of drug-likeness (QED) is 0.587. The lowest BCUT2D eigenvalue weighted by Gasteiger charge is -2.09. The van der Waals surface area contributed by atoms with Crippen LogP contribution in [0.25, 0.3) is 21.0 Å². The van der Waals surface area contributed by atoms with Gasteiger partial charge >= 0.3 is 0 Å². The highest BCUT2D eigenvalue weighted by Gasteiger charge is 2.15. The highest BCUT2D eigenvalue weighted by Crippen LogP contribution is 2.27. The molecule has 3 aromatic carbocycles. The third-order valence-corrected chi connectivity index (χ3v) is 6.09. The summed E-state index contributed by atoms with van der Waals surface area (Å²) >= 11 is 1.54. The van der Waals surface area contributed by atoms with Crippen LogP contribution in [0.4, 0.5) is 5.69 Å². The summed E-state index contributed by atoms with van der Waals surface area (Å²) in [4.78, 5) is 4.64. The van der Waals surface area contributed by atoms with E-state index >= 15 is 0 Å². The van der Waals surface area contributed by atoms with Crippen molar-refractivity contribution >= 4 is 48.0 Å². The van der Waals surface area contributed by atoms with Crippen LogP contribution in [0.1, 0.15) is 5.01 Å². The smallest absolute Gasteiger partial charge is 0.261 e. The Balaban J connectivity index is 1.72. The fraction of sp³-hybridized carbons (Fsp3) is 0.0556. The number of benzene rings is 3. The van der Waals surface area contributed by atoms with Gasteiger partial charge in [-0.1, -0.05) is 30.3 Å². The van der Waals surface area contributed by atoms with Gasteiger partial charge < -0.3 is 0 Å². The minimum absolute atomic E-state index is 0.252. The molecule has 1 N–H and O–H groups in total. The molecule has 6 heteroatoms. The van der Waals surface area contributed by atoms with Gasteiger partial charge in [0.1, 0.15) is 0 Å². The van der Waals surface area contributed by atoms with Gasteiger partial charge in [0.2, 0.25) is 0 Å². The van der Waals surface area contributed by atoms with E-state index in [-0.39, 0.29) is 4.90 Å². The van der Waals surface area contributed by atoms with Crippen LogP contribution < -0.4 is 4.72 Å². The lowest BCUT2D eigenvalue weighted by Crippen LogP contribution is -2.12. The first-order chi connectivity index (χ1) is 11.5. The van der Waals surface area contributed by atoms with Crippen LogP contribution in [0.2, 0.25) is 0 Å². The summed E-state index contributed by atoms with van der Waals surface area (Å²) < 4.78 is 28.9. The standard InChI is InChI=1S/C18H14N2O2S2/c1-12-19-17-9-7-15(11-18(17)23-12)20-24(21,22)16-8-6-13-4-2-3-5-14(13)10-16/h2-11,20H,1H3. The fourth-order valence-electron chi connectivity index (χ4n) is 2.65. The predicted octanol–water partition coefficient (Wildman–Crippen LogP) is 4.56. The van der Waals surface area contributed by atoms with Gasteiger partial charge in [-0.05, 0) is 48.0 Å². The molecule has 4 nitrogen and oxygen atoms in total. The predicted molar refractivity (Wildman–Crippen MR) is 99.1 cm³/mol. The topological polar surface area (TPSA) is 59.1 Å². The van der Waals surface area contributed by atoms with Crippen LogP contribution in [0.5, 0.6) is 0 Å². The molecule has 0 spiro atoms. The van der Waals surface area contributed by atoms with Gasteiger partial charge in [-0.25, -0.2) is 13.4 Å². The van der Waals surface area contributed by atoms with Crippen molar-refractivity contribution in [3.63, 3.8) is 0 Å². The number of thiazole rings is 1. The molecule has 0 atom stereocenters. The molecule has 1 heterocycles. The summed E-state index contributed by atoms with van der Waals surface area (Å²) in [5, 5.41) is 2.87. The molecule has 0 amide bonds. The molecule has 0 bridgehead atoms. The monoisotopic (exact) mass is 354 g/mol. The Morgan fingerprint density at radius 2 is 1.75 bits per heavy atom. The van der Waals surface area contributed by atoms with Gasteiger partial charge in [0.05, 0.1) is 25.8 Å². The average molecular weight is 354 g/mol.